The SMILES string of the molecule is [CH]C1(NCc2ccccc2)CC1c1ccccc1. The lowest BCUT2D eigenvalue weighted by Crippen LogP contribution is -2.29. The molecule has 0 aliphatic heterocycles. The first-order valence-electron chi connectivity index (χ1n) is 6.41. The van der Waals surface area contributed by atoms with Crippen molar-refractivity contribution in [3.8, 4) is 0 Å². The second-order valence-corrected chi connectivity index (χ2v) is 5.05. The van der Waals surface area contributed by atoms with E-state index in [9.17, 15) is 0 Å². The van der Waals surface area contributed by atoms with Crippen molar-refractivity contribution in [1.82, 2.24) is 5.32 Å². The van der Waals surface area contributed by atoms with Crippen molar-refractivity contribution in [2.45, 2.75) is 24.4 Å². The zero-order valence-corrected chi connectivity index (χ0v) is 10.3. The van der Waals surface area contributed by atoms with E-state index in [1.807, 2.05) is 12.1 Å². The van der Waals surface area contributed by atoms with Crippen LogP contribution in [-0.4, -0.2) is 5.54 Å². The summed E-state index contributed by atoms with van der Waals surface area (Å²) < 4.78 is 0. The molecule has 1 heteroatoms. The van der Waals surface area contributed by atoms with Crippen LogP contribution < -0.4 is 5.32 Å². The maximum atomic E-state index is 6.36. The molecule has 2 atom stereocenters. The van der Waals surface area contributed by atoms with Crippen molar-refractivity contribution in [3.63, 3.8) is 0 Å². The van der Waals surface area contributed by atoms with Crippen LogP contribution in [0.15, 0.2) is 60.7 Å². The summed E-state index contributed by atoms with van der Waals surface area (Å²) in [5.74, 6) is 0.447. The zero-order chi connectivity index (χ0) is 12.4. The van der Waals surface area contributed by atoms with Gasteiger partial charge in [-0.25, -0.2) is 0 Å². The van der Waals surface area contributed by atoms with Crippen LogP contribution in [0.3, 0.4) is 0 Å². The molecular formula is C17H17N. The average Bonchev–Trinajstić information content (AvgIpc) is 3.12. The summed E-state index contributed by atoms with van der Waals surface area (Å²) >= 11 is 0. The Balaban J connectivity index is 1.62. The fourth-order valence-electron chi connectivity index (χ4n) is 2.44. The van der Waals surface area contributed by atoms with Crippen molar-refractivity contribution >= 4 is 0 Å². The molecule has 1 saturated carbocycles. The fraction of sp³-hybridized carbons (Fsp3) is 0.235. The van der Waals surface area contributed by atoms with E-state index < -0.39 is 0 Å². The van der Waals surface area contributed by atoms with Gasteiger partial charge in [-0.1, -0.05) is 60.7 Å². The second-order valence-electron chi connectivity index (χ2n) is 5.05. The van der Waals surface area contributed by atoms with Gasteiger partial charge in [-0.3, -0.25) is 0 Å². The number of hydrogen-bond acceptors (Lipinski definition) is 1. The molecule has 2 unspecified atom stereocenters. The Morgan fingerprint density at radius 2 is 1.61 bits per heavy atom. The molecule has 0 bridgehead atoms. The van der Waals surface area contributed by atoms with Gasteiger partial charge >= 0.3 is 0 Å². The summed E-state index contributed by atoms with van der Waals surface area (Å²) in [6.45, 7) is 7.19. The number of benzene rings is 2. The molecule has 3 rings (SSSR count). The van der Waals surface area contributed by atoms with Gasteiger partial charge < -0.3 is 5.32 Å². The van der Waals surface area contributed by atoms with Crippen molar-refractivity contribution in [2.24, 2.45) is 0 Å². The number of nitrogens with one attached hydrogen (secondary N) is 1. The molecule has 1 aliphatic rings. The maximum Gasteiger partial charge on any atom is 0.0295 e. The first kappa shape index (κ1) is 11.5. The van der Waals surface area contributed by atoms with E-state index in [-0.39, 0.29) is 5.54 Å². The normalized spacial score (nSPS) is 25.9. The third-order valence-corrected chi connectivity index (χ3v) is 3.67. The monoisotopic (exact) mass is 235 g/mol. The number of hydrogen-bond donors (Lipinski definition) is 1. The third kappa shape index (κ3) is 2.32. The molecule has 2 aromatic rings. The van der Waals surface area contributed by atoms with Crippen molar-refractivity contribution in [2.75, 3.05) is 0 Å². The maximum absolute atomic E-state index is 6.36. The van der Waals surface area contributed by atoms with E-state index in [0.29, 0.717) is 5.92 Å². The van der Waals surface area contributed by atoms with Crippen LogP contribution in [0.2, 0.25) is 0 Å². The lowest BCUT2D eigenvalue weighted by Gasteiger charge is -2.14. The highest BCUT2D eigenvalue weighted by molar-refractivity contribution is 5.34. The van der Waals surface area contributed by atoms with Gasteiger partial charge in [0, 0.05) is 18.0 Å². The smallest absolute Gasteiger partial charge is 0.0295 e. The summed E-state index contributed by atoms with van der Waals surface area (Å²) in [6.07, 6.45) is 1.02. The second kappa shape index (κ2) is 4.58. The molecule has 1 nitrogen and oxygen atoms in total. The minimum Gasteiger partial charge on any atom is -0.306 e. The Morgan fingerprint density at radius 1 is 1.00 bits per heavy atom. The Bertz CT molecular complexity index is 506. The molecule has 0 amide bonds. The molecule has 2 aromatic carbocycles. The lowest BCUT2D eigenvalue weighted by atomic mass is 10.1. The van der Waals surface area contributed by atoms with Gasteiger partial charge in [0.05, 0.1) is 0 Å². The summed E-state index contributed by atoms with van der Waals surface area (Å²) in [6, 6.07) is 20.9. The molecule has 1 aliphatic carbocycles. The van der Waals surface area contributed by atoms with Gasteiger partial charge in [-0.15, -0.1) is 0 Å². The van der Waals surface area contributed by atoms with Crippen LogP contribution in [0.25, 0.3) is 0 Å². The Labute approximate surface area is 109 Å². The summed E-state index contributed by atoms with van der Waals surface area (Å²) in [5.41, 5.74) is 2.39. The molecule has 1 N–H and O–H groups in total. The first-order chi connectivity index (χ1) is 8.78. The van der Waals surface area contributed by atoms with Gasteiger partial charge in [0.1, 0.15) is 0 Å². The fourth-order valence-corrected chi connectivity index (χ4v) is 2.44. The average molecular weight is 235 g/mol. The lowest BCUT2D eigenvalue weighted by molar-refractivity contribution is 0.567. The van der Waals surface area contributed by atoms with Crippen LogP contribution in [0.5, 0.6) is 0 Å². The molecule has 0 aromatic heterocycles. The molecule has 2 radical (unpaired) electrons. The molecular weight excluding hydrogens is 218 g/mol. The Morgan fingerprint density at radius 3 is 2.28 bits per heavy atom. The molecule has 90 valence electrons. The van der Waals surface area contributed by atoms with E-state index >= 15 is 0 Å². The molecule has 18 heavy (non-hydrogen) atoms. The van der Waals surface area contributed by atoms with Crippen LogP contribution in [0.1, 0.15) is 23.5 Å². The van der Waals surface area contributed by atoms with Crippen LogP contribution in [-0.2, 0) is 6.54 Å². The van der Waals surface area contributed by atoms with E-state index in [2.05, 4.69) is 53.8 Å². The summed E-state index contributed by atoms with van der Waals surface area (Å²) in [4.78, 5) is 0. The van der Waals surface area contributed by atoms with Gasteiger partial charge in [0.25, 0.3) is 0 Å². The minimum absolute atomic E-state index is 0.225. The highest BCUT2D eigenvalue weighted by Gasteiger charge is 2.50. The van der Waals surface area contributed by atoms with E-state index in [1.165, 1.54) is 11.1 Å². The Hall–Kier alpha value is -1.60. The van der Waals surface area contributed by atoms with Crippen molar-refractivity contribution < 1.29 is 0 Å². The molecule has 0 spiro atoms. The van der Waals surface area contributed by atoms with Gasteiger partial charge in [0.15, 0.2) is 0 Å². The predicted octanol–water partition coefficient (Wildman–Crippen LogP) is 3.41. The van der Waals surface area contributed by atoms with Crippen molar-refractivity contribution in [3.05, 3.63) is 78.7 Å². The minimum atomic E-state index is -0.225. The van der Waals surface area contributed by atoms with Crippen LogP contribution in [0, 0.1) is 6.92 Å². The van der Waals surface area contributed by atoms with Crippen molar-refractivity contribution in [1.29, 1.82) is 0 Å². The third-order valence-electron chi connectivity index (χ3n) is 3.67. The highest BCUT2D eigenvalue weighted by Crippen LogP contribution is 2.50. The van der Waals surface area contributed by atoms with Gasteiger partial charge in [0.2, 0.25) is 0 Å². The molecule has 1 fully saturated rings. The van der Waals surface area contributed by atoms with E-state index in [4.69, 9.17) is 6.92 Å². The van der Waals surface area contributed by atoms with Gasteiger partial charge in [-0.2, -0.15) is 0 Å². The van der Waals surface area contributed by atoms with E-state index in [0.717, 1.165) is 13.0 Å². The first-order valence-corrected chi connectivity index (χ1v) is 6.41. The van der Waals surface area contributed by atoms with Crippen LogP contribution in [0.4, 0.5) is 0 Å². The summed E-state index contributed by atoms with van der Waals surface area (Å²) in [7, 11) is 0. The number of rotatable bonds is 4. The molecule has 0 heterocycles. The van der Waals surface area contributed by atoms with Crippen LogP contribution >= 0.6 is 0 Å². The standard InChI is InChI=1S/C17H17N/c1-17(18-13-14-8-4-2-5-9-14)12-16(17)15-10-6-3-7-11-15/h1-11,16,18H,12-13H2. The summed E-state index contributed by atoms with van der Waals surface area (Å²) in [5, 5.41) is 3.48. The topological polar surface area (TPSA) is 12.0 Å². The van der Waals surface area contributed by atoms with Gasteiger partial charge in [-0.05, 0) is 24.5 Å². The highest BCUT2D eigenvalue weighted by atomic mass is 15.0. The van der Waals surface area contributed by atoms with E-state index in [1.54, 1.807) is 0 Å². The molecule has 0 saturated heterocycles. The zero-order valence-electron chi connectivity index (χ0n) is 10.3. The largest absolute Gasteiger partial charge is 0.306 e. The predicted molar refractivity (Wildman–Crippen MR) is 74.1 cm³/mol. The Kier molecular flexibility index (Phi) is 2.92. The quantitative estimate of drug-likeness (QED) is 0.856.